The van der Waals surface area contributed by atoms with Crippen molar-refractivity contribution in [3.63, 3.8) is 0 Å². The third-order valence-electron chi connectivity index (χ3n) is 1.85. The van der Waals surface area contributed by atoms with Crippen LogP contribution in [-0.2, 0) is 0 Å². The summed E-state index contributed by atoms with van der Waals surface area (Å²) >= 11 is 0. The van der Waals surface area contributed by atoms with Gasteiger partial charge in [0.1, 0.15) is 0 Å². The normalized spacial score (nSPS) is 18.0. The van der Waals surface area contributed by atoms with Gasteiger partial charge in [-0.3, -0.25) is 0 Å². The molecule has 0 aliphatic heterocycles. The molecule has 0 saturated heterocycles. The van der Waals surface area contributed by atoms with E-state index in [1.807, 2.05) is 20.8 Å². The first-order chi connectivity index (χ1) is 4.09. The van der Waals surface area contributed by atoms with Gasteiger partial charge >= 0.3 is 0 Å². The van der Waals surface area contributed by atoms with Gasteiger partial charge in [0.25, 0.3) is 0 Å². The molecular weight excluding hydrogens is 116 g/mol. The highest BCUT2D eigenvalue weighted by Crippen LogP contribution is 2.13. The van der Waals surface area contributed by atoms with Gasteiger partial charge < -0.3 is 10.2 Å². The van der Waals surface area contributed by atoms with Crippen LogP contribution in [0.2, 0.25) is 0 Å². The molecule has 0 fully saturated rings. The second kappa shape index (κ2) is 3.85. The van der Waals surface area contributed by atoms with Crippen LogP contribution in [0.5, 0.6) is 0 Å². The summed E-state index contributed by atoms with van der Waals surface area (Å²) in [4.78, 5) is 0. The van der Waals surface area contributed by atoms with Crippen LogP contribution in [0.25, 0.3) is 0 Å². The SMILES string of the molecule is CC(C)[C@H](C)[C@H](O)CO. The third-order valence-corrected chi connectivity index (χ3v) is 1.85. The summed E-state index contributed by atoms with van der Waals surface area (Å²) in [5, 5.41) is 17.6. The summed E-state index contributed by atoms with van der Waals surface area (Å²) in [7, 11) is 0. The van der Waals surface area contributed by atoms with E-state index in [1.54, 1.807) is 0 Å². The van der Waals surface area contributed by atoms with Crippen molar-refractivity contribution in [2.75, 3.05) is 6.61 Å². The minimum absolute atomic E-state index is 0.126. The van der Waals surface area contributed by atoms with E-state index < -0.39 is 6.10 Å². The number of rotatable bonds is 3. The van der Waals surface area contributed by atoms with Crippen molar-refractivity contribution in [3.05, 3.63) is 0 Å². The fourth-order valence-electron chi connectivity index (χ4n) is 0.611. The summed E-state index contributed by atoms with van der Waals surface area (Å²) in [6, 6.07) is 0. The van der Waals surface area contributed by atoms with Crippen molar-refractivity contribution in [2.24, 2.45) is 11.8 Å². The summed E-state index contributed by atoms with van der Waals surface area (Å²) in [5.74, 6) is 0.627. The first-order valence-electron chi connectivity index (χ1n) is 3.38. The van der Waals surface area contributed by atoms with Crippen molar-refractivity contribution in [2.45, 2.75) is 26.9 Å². The molecule has 0 amide bonds. The molecule has 0 aromatic rings. The molecule has 2 heteroatoms. The van der Waals surface area contributed by atoms with Crippen molar-refractivity contribution < 1.29 is 10.2 Å². The van der Waals surface area contributed by atoms with Gasteiger partial charge in [-0.2, -0.15) is 0 Å². The number of hydrogen-bond acceptors (Lipinski definition) is 2. The Labute approximate surface area is 56.5 Å². The van der Waals surface area contributed by atoms with E-state index >= 15 is 0 Å². The lowest BCUT2D eigenvalue weighted by molar-refractivity contribution is 0.0368. The molecule has 56 valence electrons. The maximum Gasteiger partial charge on any atom is 0.0798 e. The van der Waals surface area contributed by atoms with Gasteiger partial charge in [-0.1, -0.05) is 20.8 Å². The van der Waals surface area contributed by atoms with E-state index in [0.29, 0.717) is 5.92 Å². The van der Waals surface area contributed by atoms with Crippen molar-refractivity contribution in [3.8, 4) is 0 Å². The van der Waals surface area contributed by atoms with Gasteiger partial charge in [-0.05, 0) is 11.8 Å². The zero-order valence-corrected chi connectivity index (χ0v) is 6.33. The Morgan fingerprint density at radius 2 is 1.67 bits per heavy atom. The number of aliphatic hydroxyl groups is 2. The maximum absolute atomic E-state index is 9.05. The topological polar surface area (TPSA) is 40.5 Å². The molecule has 0 spiro atoms. The lowest BCUT2D eigenvalue weighted by Crippen LogP contribution is -2.25. The zero-order chi connectivity index (χ0) is 7.44. The largest absolute Gasteiger partial charge is 0.394 e. The van der Waals surface area contributed by atoms with Crippen LogP contribution < -0.4 is 0 Å². The van der Waals surface area contributed by atoms with E-state index in [9.17, 15) is 0 Å². The Morgan fingerprint density at radius 1 is 1.22 bits per heavy atom. The standard InChI is InChI=1S/C7H16O2/c1-5(2)6(3)7(9)4-8/h5-9H,4H2,1-3H3/t6-,7+/m0/s1. The molecule has 0 bridgehead atoms. The lowest BCUT2D eigenvalue weighted by atomic mass is 9.93. The Kier molecular flexibility index (Phi) is 3.82. The predicted octanol–water partition coefficient (Wildman–Crippen LogP) is 0.632. The highest BCUT2D eigenvalue weighted by Gasteiger charge is 2.15. The van der Waals surface area contributed by atoms with Crippen LogP contribution in [0.15, 0.2) is 0 Å². The van der Waals surface area contributed by atoms with Crippen LogP contribution in [0.4, 0.5) is 0 Å². The van der Waals surface area contributed by atoms with Gasteiger partial charge in [0.2, 0.25) is 0 Å². The Hall–Kier alpha value is -0.0800. The van der Waals surface area contributed by atoms with E-state index in [2.05, 4.69) is 0 Å². The van der Waals surface area contributed by atoms with Gasteiger partial charge in [-0.25, -0.2) is 0 Å². The molecule has 0 radical (unpaired) electrons. The summed E-state index contributed by atoms with van der Waals surface area (Å²) in [6.45, 7) is 5.87. The van der Waals surface area contributed by atoms with Gasteiger partial charge in [0.15, 0.2) is 0 Å². The van der Waals surface area contributed by atoms with Crippen LogP contribution in [0.3, 0.4) is 0 Å². The minimum atomic E-state index is -0.551. The van der Waals surface area contributed by atoms with E-state index in [-0.39, 0.29) is 12.5 Å². The Balaban J connectivity index is 3.58. The third kappa shape index (κ3) is 2.82. The van der Waals surface area contributed by atoms with Crippen molar-refractivity contribution in [1.29, 1.82) is 0 Å². The smallest absolute Gasteiger partial charge is 0.0798 e. The fraction of sp³-hybridized carbons (Fsp3) is 1.00. The highest BCUT2D eigenvalue weighted by atomic mass is 16.3. The Morgan fingerprint density at radius 3 is 1.78 bits per heavy atom. The Bertz CT molecular complexity index is 71.3. The van der Waals surface area contributed by atoms with E-state index in [0.717, 1.165) is 0 Å². The van der Waals surface area contributed by atoms with Gasteiger partial charge in [-0.15, -0.1) is 0 Å². The van der Waals surface area contributed by atoms with Crippen LogP contribution >= 0.6 is 0 Å². The van der Waals surface area contributed by atoms with E-state index in [1.165, 1.54) is 0 Å². The van der Waals surface area contributed by atoms with E-state index in [4.69, 9.17) is 10.2 Å². The molecule has 2 atom stereocenters. The molecule has 0 aromatic carbocycles. The van der Waals surface area contributed by atoms with Crippen LogP contribution in [0, 0.1) is 11.8 Å². The van der Waals surface area contributed by atoms with Crippen molar-refractivity contribution in [1.82, 2.24) is 0 Å². The quantitative estimate of drug-likeness (QED) is 0.591. The summed E-state index contributed by atoms with van der Waals surface area (Å²) in [6.07, 6.45) is -0.551. The first-order valence-corrected chi connectivity index (χ1v) is 3.38. The molecule has 2 nitrogen and oxygen atoms in total. The summed E-state index contributed by atoms with van der Waals surface area (Å²) < 4.78 is 0. The first kappa shape index (κ1) is 8.92. The molecule has 0 aliphatic carbocycles. The lowest BCUT2D eigenvalue weighted by Gasteiger charge is -2.19. The molecule has 2 N–H and O–H groups in total. The molecule has 9 heavy (non-hydrogen) atoms. The minimum Gasteiger partial charge on any atom is -0.394 e. The molecule has 0 aromatic heterocycles. The van der Waals surface area contributed by atoms with Gasteiger partial charge in [0, 0.05) is 0 Å². The predicted molar refractivity (Wildman–Crippen MR) is 37.1 cm³/mol. The molecule has 0 aliphatic rings. The molecule has 0 rings (SSSR count). The fourth-order valence-corrected chi connectivity index (χ4v) is 0.611. The second-order valence-electron chi connectivity index (χ2n) is 2.85. The number of hydrogen-bond donors (Lipinski definition) is 2. The average molecular weight is 132 g/mol. The maximum atomic E-state index is 9.05. The molecular formula is C7H16O2. The molecule has 0 saturated carbocycles. The summed E-state index contributed by atoms with van der Waals surface area (Å²) in [5.41, 5.74) is 0. The second-order valence-corrected chi connectivity index (χ2v) is 2.85. The number of aliphatic hydroxyl groups excluding tert-OH is 2. The van der Waals surface area contributed by atoms with Crippen LogP contribution in [-0.4, -0.2) is 22.9 Å². The highest BCUT2D eigenvalue weighted by molar-refractivity contribution is 4.65. The molecule has 0 heterocycles. The monoisotopic (exact) mass is 132 g/mol. The zero-order valence-electron chi connectivity index (χ0n) is 6.33. The average Bonchev–Trinajstić information content (AvgIpc) is 1.84. The van der Waals surface area contributed by atoms with Gasteiger partial charge in [0.05, 0.1) is 12.7 Å². The van der Waals surface area contributed by atoms with Crippen molar-refractivity contribution >= 4 is 0 Å². The van der Waals surface area contributed by atoms with Crippen LogP contribution in [0.1, 0.15) is 20.8 Å². The molecule has 0 unspecified atom stereocenters.